The third-order valence-electron chi connectivity index (χ3n) is 3.86. The van der Waals surface area contributed by atoms with Crippen molar-refractivity contribution in [2.45, 2.75) is 26.2 Å². The van der Waals surface area contributed by atoms with Crippen molar-refractivity contribution in [3.63, 3.8) is 0 Å². The number of hydrogen-bond donors (Lipinski definition) is 2. The van der Waals surface area contributed by atoms with E-state index in [-0.39, 0.29) is 11.3 Å². The minimum atomic E-state index is -0.0659. The second-order valence-electron chi connectivity index (χ2n) is 5.43. The molecule has 104 valence electrons. The normalized spacial score (nSPS) is 15.9. The Morgan fingerprint density at radius 2 is 2.21 bits per heavy atom. The fourth-order valence-corrected chi connectivity index (χ4v) is 2.36. The zero-order valence-corrected chi connectivity index (χ0v) is 11.7. The van der Waals surface area contributed by atoms with Crippen LogP contribution in [0.2, 0.25) is 0 Å². The van der Waals surface area contributed by atoms with Gasteiger partial charge in [-0.1, -0.05) is 11.6 Å². The molecule has 1 aromatic carbocycles. The zero-order valence-electron chi connectivity index (χ0n) is 11.7. The number of aryl methyl sites for hydroxylation is 1. The Labute approximate surface area is 114 Å². The van der Waals surface area contributed by atoms with Crippen LogP contribution in [0.15, 0.2) is 18.2 Å². The minimum absolute atomic E-state index is 0.0659. The van der Waals surface area contributed by atoms with Gasteiger partial charge in [-0.25, -0.2) is 0 Å². The highest BCUT2D eigenvalue weighted by Gasteiger charge is 2.41. The van der Waals surface area contributed by atoms with Crippen molar-refractivity contribution in [3.05, 3.63) is 29.3 Å². The topological polar surface area (TPSA) is 64.3 Å². The summed E-state index contributed by atoms with van der Waals surface area (Å²) >= 11 is 0. The molecule has 1 aliphatic rings. The monoisotopic (exact) mass is 262 g/mol. The largest absolute Gasteiger partial charge is 0.496 e. The number of carbonyl (C=O) groups excluding carboxylic acids is 1. The number of hydrogen-bond acceptors (Lipinski definition) is 3. The van der Waals surface area contributed by atoms with Crippen molar-refractivity contribution in [3.8, 4) is 5.75 Å². The van der Waals surface area contributed by atoms with Crippen molar-refractivity contribution in [2.75, 3.05) is 20.2 Å². The standard InChI is InChI=1S/C15H22N2O2/c1-11-3-4-13(19-2)12(9-11)14(18)17-10-15(5-6-15)7-8-16/h3-4,9H,5-8,10,16H2,1-2H3,(H,17,18). The second kappa shape index (κ2) is 5.61. The molecule has 0 saturated heterocycles. The SMILES string of the molecule is COc1ccc(C)cc1C(=O)NCC1(CCN)CC1. The van der Waals surface area contributed by atoms with E-state index >= 15 is 0 Å². The average Bonchev–Trinajstić information content (AvgIpc) is 3.17. The van der Waals surface area contributed by atoms with Crippen LogP contribution in [0, 0.1) is 12.3 Å². The lowest BCUT2D eigenvalue weighted by Crippen LogP contribution is -2.31. The third kappa shape index (κ3) is 3.26. The smallest absolute Gasteiger partial charge is 0.255 e. The Morgan fingerprint density at radius 3 is 2.79 bits per heavy atom. The van der Waals surface area contributed by atoms with Crippen LogP contribution < -0.4 is 15.8 Å². The van der Waals surface area contributed by atoms with Crippen molar-refractivity contribution in [1.82, 2.24) is 5.32 Å². The molecule has 4 heteroatoms. The lowest BCUT2D eigenvalue weighted by atomic mass is 10.0. The van der Waals surface area contributed by atoms with Gasteiger partial charge in [0.1, 0.15) is 5.75 Å². The zero-order chi connectivity index (χ0) is 13.9. The fraction of sp³-hybridized carbons (Fsp3) is 0.533. The fourth-order valence-electron chi connectivity index (χ4n) is 2.36. The summed E-state index contributed by atoms with van der Waals surface area (Å²) in [4.78, 5) is 12.2. The van der Waals surface area contributed by atoms with Gasteiger partial charge < -0.3 is 15.8 Å². The van der Waals surface area contributed by atoms with Crippen molar-refractivity contribution < 1.29 is 9.53 Å². The van der Waals surface area contributed by atoms with Crippen LogP contribution in [-0.4, -0.2) is 26.1 Å². The number of methoxy groups -OCH3 is 1. The molecule has 0 aliphatic heterocycles. The molecule has 1 amide bonds. The second-order valence-corrected chi connectivity index (χ2v) is 5.43. The molecule has 0 spiro atoms. The lowest BCUT2D eigenvalue weighted by Gasteiger charge is -2.16. The van der Waals surface area contributed by atoms with Gasteiger partial charge in [-0.3, -0.25) is 4.79 Å². The van der Waals surface area contributed by atoms with Gasteiger partial charge in [-0.05, 0) is 50.3 Å². The average molecular weight is 262 g/mol. The van der Waals surface area contributed by atoms with E-state index in [0.29, 0.717) is 24.4 Å². The number of ether oxygens (including phenoxy) is 1. The van der Waals surface area contributed by atoms with Crippen LogP contribution in [0.5, 0.6) is 5.75 Å². The summed E-state index contributed by atoms with van der Waals surface area (Å²) in [5, 5.41) is 3.01. The van der Waals surface area contributed by atoms with Crippen LogP contribution in [0.25, 0.3) is 0 Å². The Balaban J connectivity index is 2.02. The quantitative estimate of drug-likeness (QED) is 0.822. The molecule has 19 heavy (non-hydrogen) atoms. The van der Waals surface area contributed by atoms with Gasteiger partial charge in [0, 0.05) is 6.54 Å². The van der Waals surface area contributed by atoms with E-state index in [9.17, 15) is 4.79 Å². The first-order valence-electron chi connectivity index (χ1n) is 6.73. The summed E-state index contributed by atoms with van der Waals surface area (Å²) < 4.78 is 5.24. The van der Waals surface area contributed by atoms with Gasteiger partial charge in [-0.15, -0.1) is 0 Å². The molecule has 1 fully saturated rings. The first-order valence-corrected chi connectivity index (χ1v) is 6.73. The van der Waals surface area contributed by atoms with E-state index < -0.39 is 0 Å². The lowest BCUT2D eigenvalue weighted by molar-refractivity contribution is 0.0941. The molecule has 4 nitrogen and oxygen atoms in total. The minimum Gasteiger partial charge on any atom is -0.496 e. The van der Waals surface area contributed by atoms with E-state index in [1.54, 1.807) is 7.11 Å². The molecule has 2 rings (SSSR count). The van der Waals surface area contributed by atoms with Crippen LogP contribution in [0.1, 0.15) is 35.2 Å². The van der Waals surface area contributed by atoms with Gasteiger partial charge in [0.25, 0.3) is 5.91 Å². The molecule has 1 saturated carbocycles. The Kier molecular flexibility index (Phi) is 4.10. The number of benzene rings is 1. The Morgan fingerprint density at radius 1 is 1.47 bits per heavy atom. The van der Waals surface area contributed by atoms with E-state index in [1.165, 1.54) is 0 Å². The third-order valence-corrected chi connectivity index (χ3v) is 3.86. The summed E-state index contributed by atoms with van der Waals surface area (Å²) in [6, 6.07) is 5.63. The van der Waals surface area contributed by atoms with Crippen LogP contribution >= 0.6 is 0 Å². The molecule has 0 heterocycles. The number of rotatable bonds is 6. The summed E-state index contributed by atoms with van der Waals surface area (Å²) in [6.45, 7) is 3.36. The van der Waals surface area contributed by atoms with E-state index in [4.69, 9.17) is 10.5 Å². The molecule has 1 aromatic rings. The first-order chi connectivity index (χ1) is 9.10. The van der Waals surface area contributed by atoms with Gasteiger partial charge in [0.15, 0.2) is 0 Å². The Bertz CT molecular complexity index is 467. The molecular weight excluding hydrogens is 240 g/mol. The van der Waals surface area contributed by atoms with Gasteiger partial charge in [0.2, 0.25) is 0 Å². The summed E-state index contributed by atoms with van der Waals surface area (Å²) in [5.74, 6) is 0.551. The summed E-state index contributed by atoms with van der Waals surface area (Å²) in [7, 11) is 1.58. The predicted octanol–water partition coefficient (Wildman–Crippen LogP) is 1.86. The predicted molar refractivity (Wildman–Crippen MR) is 75.4 cm³/mol. The molecule has 0 atom stereocenters. The first kappa shape index (κ1) is 13.9. The Hall–Kier alpha value is -1.55. The van der Waals surface area contributed by atoms with Crippen molar-refractivity contribution in [1.29, 1.82) is 0 Å². The number of amides is 1. The maximum atomic E-state index is 12.2. The highest BCUT2D eigenvalue weighted by molar-refractivity contribution is 5.97. The molecule has 0 radical (unpaired) electrons. The van der Waals surface area contributed by atoms with Gasteiger partial charge in [0.05, 0.1) is 12.7 Å². The number of nitrogens with two attached hydrogens (primary N) is 1. The maximum Gasteiger partial charge on any atom is 0.255 e. The number of nitrogens with one attached hydrogen (secondary N) is 1. The number of carbonyl (C=O) groups is 1. The van der Waals surface area contributed by atoms with Crippen LogP contribution in [-0.2, 0) is 0 Å². The highest BCUT2D eigenvalue weighted by Crippen LogP contribution is 2.47. The van der Waals surface area contributed by atoms with E-state index in [1.807, 2.05) is 25.1 Å². The molecule has 3 N–H and O–H groups in total. The van der Waals surface area contributed by atoms with Crippen molar-refractivity contribution >= 4 is 5.91 Å². The molecular formula is C15H22N2O2. The van der Waals surface area contributed by atoms with E-state index in [2.05, 4.69) is 5.32 Å². The van der Waals surface area contributed by atoms with Crippen LogP contribution in [0.4, 0.5) is 0 Å². The molecule has 0 aromatic heterocycles. The molecule has 0 bridgehead atoms. The van der Waals surface area contributed by atoms with Gasteiger partial charge in [-0.2, -0.15) is 0 Å². The molecule has 1 aliphatic carbocycles. The van der Waals surface area contributed by atoms with Crippen LogP contribution in [0.3, 0.4) is 0 Å². The summed E-state index contributed by atoms with van der Waals surface area (Å²) in [6.07, 6.45) is 3.31. The highest BCUT2D eigenvalue weighted by atomic mass is 16.5. The van der Waals surface area contributed by atoms with Gasteiger partial charge >= 0.3 is 0 Å². The maximum absolute atomic E-state index is 12.2. The van der Waals surface area contributed by atoms with E-state index in [0.717, 1.165) is 24.8 Å². The molecule has 0 unspecified atom stereocenters. The van der Waals surface area contributed by atoms with Crippen molar-refractivity contribution in [2.24, 2.45) is 11.1 Å². The summed E-state index contributed by atoms with van der Waals surface area (Å²) in [5.41, 5.74) is 7.51.